The molecule has 0 radical (unpaired) electrons. The number of rotatable bonds is 2. The molecule has 2 aliphatic heterocycles. The van der Waals surface area contributed by atoms with Gasteiger partial charge in [0, 0.05) is 13.3 Å². The first-order chi connectivity index (χ1) is 6.59. The van der Waals surface area contributed by atoms with Gasteiger partial charge in [-0.15, -0.1) is 0 Å². The standard InChI is InChI=1S/C8H9NO4S/c1-13-8(7(11)12)2-3-9-5(10)4-6(9)14-8/h2-3,6H,4H2,1H3,(H,11,12)/t6-,8?/m1/s1. The number of aliphatic carboxylic acids is 1. The van der Waals surface area contributed by atoms with Crippen molar-refractivity contribution in [1.82, 2.24) is 4.90 Å². The minimum atomic E-state index is -1.33. The summed E-state index contributed by atoms with van der Waals surface area (Å²) in [6.45, 7) is 0. The first kappa shape index (κ1) is 9.54. The molecule has 1 unspecified atom stereocenters. The minimum absolute atomic E-state index is 0.0221. The Hall–Kier alpha value is -1.01. The summed E-state index contributed by atoms with van der Waals surface area (Å²) >= 11 is 1.14. The van der Waals surface area contributed by atoms with Crippen LogP contribution in [0.15, 0.2) is 12.3 Å². The Morgan fingerprint density at radius 2 is 2.57 bits per heavy atom. The largest absolute Gasteiger partial charge is 0.478 e. The highest BCUT2D eigenvalue weighted by Crippen LogP contribution is 2.43. The molecule has 0 bridgehead atoms. The molecule has 2 aliphatic rings. The number of β-lactam (4-membered cyclic amide) rings is 1. The molecular weight excluding hydrogens is 206 g/mol. The second-order valence-electron chi connectivity index (χ2n) is 3.07. The topological polar surface area (TPSA) is 66.8 Å². The predicted octanol–water partition coefficient (Wildman–Crippen LogP) is 0.233. The maximum Gasteiger partial charge on any atom is 0.351 e. The number of hydrogen-bond acceptors (Lipinski definition) is 4. The van der Waals surface area contributed by atoms with Crippen LogP contribution >= 0.6 is 11.8 Å². The Kier molecular flexibility index (Phi) is 2.04. The van der Waals surface area contributed by atoms with Crippen molar-refractivity contribution < 1.29 is 19.4 Å². The van der Waals surface area contributed by atoms with E-state index in [9.17, 15) is 9.59 Å². The van der Waals surface area contributed by atoms with Gasteiger partial charge >= 0.3 is 5.97 Å². The van der Waals surface area contributed by atoms with Gasteiger partial charge in [0.1, 0.15) is 0 Å². The summed E-state index contributed by atoms with van der Waals surface area (Å²) in [6, 6.07) is 0. The molecule has 76 valence electrons. The van der Waals surface area contributed by atoms with Crippen molar-refractivity contribution in [2.75, 3.05) is 7.11 Å². The van der Waals surface area contributed by atoms with Crippen molar-refractivity contribution in [1.29, 1.82) is 0 Å². The van der Waals surface area contributed by atoms with E-state index in [-0.39, 0.29) is 11.3 Å². The highest BCUT2D eigenvalue weighted by Gasteiger charge is 2.49. The lowest BCUT2D eigenvalue weighted by atomic mass is 10.2. The SMILES string of the molecule is COC1(C(=O)O)C=CN2C(=O)C[C@H]2S1. The van der Waals surface area contributed by atoms with Crippen molar-refractivity contribution in [3.05, 3.63) is 12.3 Å². The van der Waals surface area contributed by atoms with E-state index in [0.29, 0.717) is 6.42 Å². The molecule has 1 saturated heterocycles. The van der Waals surface area contributed by atoms with Crippen molar-refractivity contribution in [3.8, 4) is 0 Å². The molecular formula is C8H9NO4S. The molecule has 1 fully saturated rings. The lowest BCUT2D eigenvalue weighted by Crippen LogP contribution is -2.54. The van der Waals surface area contributed by atoms with E-state index in [2.05, 4.69) is 0 Å². The molecule has 2 heterocycles. The van der Waals surface area contributed by atoms with Gasteiger partial charge in [0.05, 0.1) is 11.8 Å². The summed E-state index contributed by atoms with van der Waals surface area (Å²) < 4.78 is 4.97. The zero-order chi connectivity index (χ0) is 10.3. The number of carbonyl (C=O) groups excluding carboxylic acids is 1. The minimum Gasteiger partial charge on any atom is -0.478 e. The van der Waals surface area contributed by atoms with Crippen LogP contribution in [0.1, 0.15) is 6.42 Å². The number of nitrogens with zero attached hydrogens (tertiary/aromatic N) is 1. The van der Waals surface area contributed by atoms with E-state index in [1.54, 1.807) is 0 Å². The average molecular weight is 215 g/mol. The molecule has 0 aromatic rings. The predicted molar refractivity (Wildman–Crippen MR) is 49.4 cm³/mol. The van der Waals surface area contributed by atoms with Crippen molar-refractivity contribution >= 4 is 23.6 Å². The van der Waals surface area contributed by atoms with Gasteiger partial charge in [-0.25, -0.2) is 4.79 Å². The number of methoxy groups -OCH3 is 1. The fourth-order valence-corrected chi connectivity index (χ4v) is 2.69. The number of carboxylic acid groups (broad SMARTS) is 1. The molecule has 0 saturated carbocycles. The van der Waals surface area contributed by atoms with E-state index in [1.165, 1.54) is 24.3 Å². The number of carboxylic acids is 1. The van der Waals surface area contributed by atoms with Gasteiger partial charge in [-0.05, 0) is 6.08 Å². The van der Waals surface area contributed by atoms with Gasteiger partial charge in [-0.3, -0.25) is 4.79 Å². The molecule has 0 aliphatic carbocycles. The molecule has 1 amide bonds. The van der Waals surface area contributed by atoms with Crippen molar-refractivity contribution in [3.63, 3.8) is 0 Å². The third kappa shape index (κ3) is 1.14. The number of hydrogen-bond donors (Lipinski definition) is 1. The smallest absolute Gasteiger partial charge is 0.351 e. The number of thioether (sulfide) groups is 1. The van der Waals surface area contributed by atoms with E-state index < -0.39 is 10.9 Å². The zero-order valence-corrected chi connectivity index (χ0v) is 8.28. The van der Waals surface area contributed by atoms with Gasteiger partial charge in [-0.2, -0.15) is 0 Å². The Morgan fingerprint density at radius 1 is 1.86 bits per heavy atom. The van der Waals surface area contributed by atoms with Crippen molar-refractivity contribution in [2.24, 2.45) is 0 Å². The van der Waals surface area contributed by atoms with Gasteiger partial charge in [-0.1, -0.05) is 11.8 Å². The van der Waals surface area contributed by atoms with E-state index in [4.69, 9.17) is 9.84 Å². The first-order valence-electron chi connectivity index (χ1n) is 4.06. The van der Waals surface area contributed by atoms with Gasteiger partial charge in [0.25, 0.3) is 0 Å². The number of fused-ring (bicyclic) bond motifs is 1. The van der Waals surface area contributed by atoms with Crippen LogP contribution in [0.25, 0.3) is 0 Å². The third-order valence-corrected chi connectivity index (χ3v) is 3.81. The van der Waals surface area contributed by atoms with E-state index in [1.807, 2.05) is 0 Å². The van der Waals surface area contributed by atoms with Gasteiger partial charge < -0.3 is 14.7 Å². The Morgan fingerprint density at radius 3 is 3.00 bits per heavy atom. The molecule has 0 aromatic carbocycles. The Balaban J connectivity index is 2.25. The molecule has 5 nitrogen and oxygen atoms in total. The van der Waals surface area contributed by atoms with Crippen LogP contribution < -0.4 is 0 Å². The molecule has 14 heavy (non-hydrogen) atoms. The molecule has 2 atom stereocenters. The molecule has 1 N–H and O–H groups in total. The summed E-state index contributed by atoms with van der Waals surface area (Å²) in [6.07, 6.45) is 3.27. The third-order valence-electron chi connectivity index (χ3n) is 2.31. The summed E-state index contributed by atoms with van der Waals surface area (Å²) in [5.74, 6) is -1.02. The molecule has 6 heteroatoms. The summed E-state index contributed by atoms with van der Waals surface area (Å²) in [5, 5.41) is 8.89. The maximum atomic E-state index is 11.0. The highest BCUT2D eigenvalue weighted by molar-refractivity contribution is 8.02. The molecule has 2 rings (SSSR count). The van der Waals surface area contributed by atoms with Crippen LogP contribution in [0.2, 0.25) is 0 Å². The molecule has 0 spiro atoms. The lowest BCUT2D eigenvalue weighted by Gasteiger charge is -2.44. The van der Waals surface area contributed by atoms with Crippen LogP contribution in [0.5, 0.6) is 0 Å². The number of carbonyl (C=O) groups is 2. The lowest BCUT2D eigenvalue weighted by molar-refractivity contribution is -0.149. The highest BCUT2D eigenvalue weighted by atomic mass is 32.2. The van der Waals surface area contributed by atoms with Crippen LogP contribution in [0.3, 0.4) is 0 Å². The second kappa shape index (κ2) is 2.99. The normalized spacial score (nSPS) is 35.1. The summed E-state index contributed by atoms with van der Waals surface area (Å²) in [5.41, 5.74) is 0. The van der Waals surface area contributed by atoms with Crippen LogP contribution in [-0.2, 0) is 14.3 Å². The maximum absolute atomic E-state index is 11.0. The van der Waals surface area contributed by atoms with Gasteiger partial charge in [0.2, 0.25) is 10.8 Å². The van der Waals surface area contributed by atoms with Crippen molar-refractivity contribution in [2.45, 2.75) is 16.7 Å². The Bertz CT molecular complexity index is 329. The summed E-state index contributed by atoms with van der Waals surface area (Å²) in [7, 11) is 1.35. The fourth-order valence-electron chi connectivity index (χ4n) is 1.42. The second-order valence-corrected chi connectivity index (χ2v) is 4.46. The fraction of sp³-hybridized carbons (Fsp3) is 0.500. The van der Waals surface area contributed by atoms with Gasteiger partial charge in [0.15, 0.2) is 0 Å². The van der Waals surface area contributed by atoms with Crippen LogP contribution in [-0.4, -0.2) is 39.3 Å². The number of ether oxygens (including phenoxy) is 1. The van der Waals surface area contributed by atoms with Crippen LogP contribution in [0, 0.1) is 0 Å². The number of amides is 1. The first-order valence-corrected chi connectivity index (χ1v) is 4.94. The zero-order valence-electron chi connectivity index (χ0n) is 7.47. The average Bonchev–Trinajstić information content (AvgIpc) is 2.15. The quantitative estimate of drug-likeness (QED) is 0.668. The monoisotopic (exact) mass is 215 g/mol. The Labute approximate surface area is 84.7 Å². The molecule has 0 aromatic heterocycles. The van der Waals surface area contributed by atoms with E-state index in [0.717, 1.165) is 11.8 Å². The van der Waals surface area contributed by atoms with Crippen LogP contribution in [0.4, 0.5) is 0 Å². The summed E-state index contributed by atoms with van der Waals surface area (Å²) in [4.78, 5) is 22.2. The van der Waals surface area contributed by atoms with E-state index >= 15 is 0 Å².